The van der Waals surface area contributed by atoms with Crippen LogP contribution in [0.15, 0.2) is 24.3 Å². The molecule has 0 saturated heterocycles. The second kappa shape index (κ2) is 8.29. The molecule has 1 rings (SSSR count). The molecule has 0 unspecified atom stereocenters. The Bertz CT molecular complexity index is 482. The van der Waals surface area contributed by atoms with E-state index in [2.05, 4.69) is 10.6 Å². The van der Waals surface area contributed by atoms with Crippen molar-refractivity contribution >= 4 is 17.5 Å². The Kier molecular flexibility index (Phi) is 6.72. The summed E-state index contributed by atoms with van der Waals surface area (Å²) in [6.07, 6.45) is 0. The van der Waals surface area contributed by atoms with Gasteiger partial charge in [0.2, 0.25) is 5.91 Å². The molecule has 0 heterocycles. The topological polar surface area (TPSA) is 61.4 Å². The highest BCUT2D eigenvalue weighted by Crippen LogP contribution is 2.15. The van der Waals surface area contributed by atoms with Crippen molar-refractivity contribution in [3.63, 3.8) is 0 Å². The van der Waals surface area contributed by atoms with Crippen LogP contribution >= 0.6 is 0 Å². The van der Waals surface area contributed by atoms with Gasteiger partial charge in [-0.1, -0.05) is 12.1 Å². The minimum atomic E-state index is -0.237. The number of carbonyl (C=O) groups excluding carboxylic acids is 2. The number of benzene rings is 1. The van der Waals surface area contributed by atoms with Crippen LogP contribution in [0.25, 0.3) is 0 Å². The first-order valence-electron chi connectivity index (χ1n) is 7.41. The van der Waals surface area contributed by atoms with Crippen LogP contribution in [0.1, 0.15) is 38.1 Å². The predicted octanol–water partition coefficient (Wildman–Crippen LogP) is 2.11. The lowest BCUT2D eigenvalue weighted by Gasteiger charge is -2.19. The molecule has 0 atom stereocenters. The summed E-state index contributed by atoms with van der Waals surface area (Å²) in [5.41, 5.74) is 1.33. The summed E-state index contributed by atoms with van der Waals surface area (Å²) in [6.45, 7) is 9.19. The van der Waals surface area contributed by atoms with Crippen LogP contribution in [0.3, 0.4) is 0 Å². The first-order chi connectivity index (χ1) is 9.99. The van der Waals surface area contributed by atoms with Crippen molar-refractivity contribution in [3.05, 3.63) is 29.8 Å². The number of hydrogen-bond acceptors (Lipinski definition) is 3. The summed E-state index contributed by atoms with van der Waals surface area (Å²) in [7, 11) is 0. The van der Waals surface area contributed by atoms with Gasteiger partial charge in [-0.2, -0.15) is 0 Å². The van der Waals surface area contributed by atoms with Gasteiger partial charge in [-0.25, -0.2) is 0 Å². The molecule has 2 N–H and O–H groups in total. The molecule has 21 heavy (non-hydrogen) atoms. The van der Waals surface area contributed by atoms with E-state index in [1.165, 1.54) is 0 Å². The maximum Gasteiger partial charge on any atom is 0.253 e. The van der Waals surface area contributed by atoms with Gasteiger partial charge in [0.05, 0.1) is 12.1 Å². The summed E-state index contributed by atoms with van der Waals surface area (Å²) in [5, 5.41) is 5.92. The molecule has 1 aromatic carbocycles. The third-order valence-electron chi connectivity index (χ3n) is 3.13. The van der Waals surface area contributed by atoms with Crippen molar-refractivity contribution < 1.29 is 9.59 Å². The van der Waals surface area contributed by atoms with E-state index in [0.29, 0.717) is 18.7 Å². The van der Waals surface area contributed by atoms with E-state index in [9.17, 15) is 9.59 Å². The molecule has 0 spiro atoms. The van der Waals surface area contributed by atoms with E-state index < -0.39 is 0 Å². The van der Waals surface area contributed by atoms with Gasteiger partial charge in [-0.15, -0.1) is 0 Å². The molecular formula is C16H25N3O2. The average Bonchev–Trinajstić information content (AvgIpc) is 2.46. The summed E-state index contributed by atoms with van der Waals surface area (Å²) in [4.78, 5) is 25.8. The lowest BCUT2D eigenvalue weighted by atomic mass is 10.1. The predicted molar refractivity (Wildman–Crippen MR) is 85.5 cm³/mol. The lowest BCUT2D eigenvalue weighted by Crippen LogP contribution is -2.40. The van der Waals surface area contributed by atoms with Gasteiger partial charge in [-0.3, -0.25) is 9.59 Å². The SMILES string of the molecule is CCN(CC)C(=O)CNC(=O)c1ccccc1NC(C)C. The highest BCUT2D eigenvalue weighted by Gasteiger charge is 2.14. The number of para-hydroxylation sites is 1. The van der Waals surface area contributed by atoms with Crippen molar-refractivity contribution in [2.24, 2.45) is 0 Å². The minimum Gasteiger partial charge on any atom is -0.382 e. The van der Waals surface area contributed by atoms with Crippen LogP contribution in [-0.4, -0.2) is 42.4 Å². The second-order valence-corrected chi connectivity index (χ2v) is 5.09. The molecule has 5 nitrogen and oxygen atoms in total. The van der Waals surface area contributed by atoms with Gasteiger partial charge in [0.15, 0.2) is 0 Å². The summed E-state index contributed by atoms with van der Waals surface area (Å²) < 4.78 is 0. The maximum absolute atomic E-state index is 12.2. The fourth-order valence-corrected chi connectivity index (χ4v) is 2.06. The van der Waals surface area contributed by atoms with Gasteiger partial charge >= 0.3 is 0 Å². The molecule has 0 fully saturated rings. The van der Waals surface area contributed by atoms with Crippen molar-refractivity contribution in [2.45, 2.75) is 33.7 Å². The van der Waals surface area contributed by atoms with Gasteiger partial charge in [0, 0.05) is 24.8 Å². The van der Waals surface area contributed by atoms with Crippen LogP contribution in [0.2, 0.25) is 0 Å². The van der Waals surface area contributed by atoms with Gasteiger partial charge < -0.3 is 15.5 Å². The van der Waals surface area contributed by atoms with E-state index in [4.69, 9.17) is 0 Å². The van der Waals surface area contributed by atoms with Gasteiger partial charge in [-0.05, 0) is 39.8 Å². The minimum absolute atomic E-state index is 0.0243. The fraction of sp³-hybridized carbons (Fsp3) is 0.500. The molecule has 2 amide bonds. The fourth-order valence-electron chi connectivity index (χ4n) is 2.06. The maximum atomic E-state index is 12.2. The third kappa shape index (κ3) is 5.10. The van der Waals surface area contributed by atoms with Crippen LogP contribution in [0, 0.1) is 0 Å². The van der Waals surface area contributed by atoms with Gasteiger partial charge in [0.25, 0.3) is 5.91 Å². The van der Waals surface area contributed by atoms with Crippen LogP contribution < -0.4 is 10.6 Å². The molecule has 0 aromatic heterocycles. The number of nitrogens with zero attached hydrogens (tertiary/aromatic N) is 1. The first-order valence-corrected chi connectivity index (χ1v) is 7.41. The monoisotopic (exact) mass is 291 g/mol. The Labute approximate surface area is 126 Å². The first kappa shape index (κ1) is 17.0. The number of rotatable bonds is 7. The zero-order valence-corrected chi connectivity index (χ0v) is 13.3. The number of anilines is 1. The Balaban J connectivity index is 2.70. The van der Waals surface area contributed by atoms with E-state index in [1.807, 2.05) is 45.9 Å². The number of carbonyl (C=O) groups is 2. The number of nitrogens with one attached hydrogen (secondary N) is 2. The summed E-state index contributed by atoms with van der Waals surface area (Å²) in [6, 6.07) is 7.54. The summed E-state index contributed by atoms with van der Waals surface area (Å²) in [5.74, 6) is -0.304. The van der Waals surface area contributed by atoms with Crippen LogP contribution in [0.4, 0.5) is 5.69 Å². The Morgan fingerprint density at radius 3 is 2.33 bits per heavy atom. The third-order valence-corrected chi connectivity index (χ3v) is 3.13. The van der Waals surface area contributed by atoms with E-state index in [-0.39, 0.29) is 24.4 Å². The molecule has 5 heteroatoms. The van der Waals surface area contributed by atoms with Crippen molar-refractivity contribution in [1.29, 1.82) is 0 Å². The van der Waals surface area contributed by atoms with E-state index >= 15 is 0 Å². The zero-order valence-electron chi connectivity index (χ0n) is 13.3. The lowest BCUT2D eigenvalue weighted by molar-refractivity contribution is -0.129. The largest absolute Gasteiger partial charge is 0.382 e. The standard InChI is InChI=1S/C16H25N3O2/c1-5-19(6-2)15(20)11-17-16(21)13-9-7-8-10-14(13)18-12(3)4/h7-10,12,18H,5-6,11H2,1-4H3,(H,17,21). The van der Waals surface area contributed by atoms with E-state index in [0.717, 1.165) is 5.69 Å². The average molecular weight is 291 g/mol. The quantitative estimate of drug-likeness (QED) is 0.809. The second-order valence-electron chi connectivity index (χ2n) is 5.09. The molecule has 0 bridgehead atoms. The molecule has 116 valence electrons. The highest BCUT2D eigenvalue weighted by molar-refractivity contribution is 6.01. The number of likely N-dealkylation sites (N-methyl/N-ethyl adjacent to an activating group) is 1. The van der Waals surface area contributed by atoms with Crippen LogP contribution in [0.5, 0.6) is 0 Å². The Hall–Kier alpha value is -2.04. The molecular weight excluding hydrogens is 266 g/mol. The van der Waals surface area contributed by atoms with Crippen molar-refractivity contribution in [2.75, 3.05) is 25.0 Å². The van der Waals surface area contributed by atoms with Crippen LogP contribution in [-0.2, 0) is 4.79 Å². The summed E-state index contributed by atoms with van der Waals surface area (Å²) >= 11 is 0. The van der Waals surface area contributed by atoms with Crippen molar-refractivity contribution in [3.8, 4) is 0 Å². The smallest absolute Gasteiger partial charge is 0.253 e. The molecule has 0 radical (unpaired) electrons. The molecule has 0 saturated carbocycles. The van der Waals surface area contributed by atoms with Crippen molar-refractivity contribution in [1.82, 2.24) is 10.2 Å². The van der Waals surface area contributed by atoms with E-state index in [1.54, 1.807) is 11.0 Å². The normalized spacial score (nSPS) is 10.3. The molecule has 0 aliphatic carbocycles. The van der Waals surface area contributed by atoms with Gasteiger partial charge in [0.1, 0.15) is 0 Å². The zero-order chi connectivity index (χ0) is 15.8. The number of hydrogen-bond donors (Lipinski definition) is 2. The molecule has 0 aliphatic rings. The number of amides is 2. The Morgan fingerprint density at radius 1 is 1.14 bits per heavy atom. The molecule has 0 aliphatic heterocycles. The molecule has 1 aromatic rings. The Morgan fingerprint density at radius 2 is 1.76 bits per heavy atom. The highest BCUT2D eigenvalue weighted by atomic mass is 16.2.